The highest BCUT2D eigenvalue weighted by Crippen LogP contribution is 2.21. The lowest BCUT2D eigenvalue weighted by atomic mass is 10.3. The Morgan fingerprint density at radius 2 is 2.26 bits per heavy atom. The molecule has 6 heteroatoms. The third-order valence-corrected chi connectivity index (χ3v) is 2.79. The van der Waals surface area contributed by atoms with Crippen molar-refractivity contribution in [1.29, 1.82) is 0 Å². The topological polar surface area (TPSA) is 51.5 Å². The summed E-state index contributed by atoms with van der Waals surface area (Å²) in [4.78, 5) is 11.5. The lowest BCUT2D eigenvalue weighted by molar-refractivity contribution is -0.123. The van der Waals surface area contributed by atoms with Crippen molar-refractivity contribution in [2.75, 3.05) is 6.61 Å². The van der Waals surface area contributed by atoms with Gasteiger partial charge in [-0.2, -0.15) is 0 Å². The number of ether oxygens (including phenoxy) is 1. The van der Waals surface area contributed by atoms with Crippen LogP contribution in [0.15, 0.2) is 45.5 Å². The van der Waals surface area contributed by atoms with Gasteiger partial charge in [0, 0.05) is 4.47 Å². The van der Waals surface area contributed by atoms with Crippen LogP contribution in [0.3, 0.4) is 0 Å². The SMILES string of the molecule is O=C(COc1ccc(Br)cc1F)NCc1ccco1. The number of benzene rings is 1. The van der Waals surface area contributed by atoms with Crippen LogP contribution in [0.5, 0.6) is 5.75 Å². The zero-order chi connectivity index (χ0) is 13.7. The molecule has 1 aromatic carbocycles. The Labute approximate surface area is 117 Å². The van der Waals surface area contributed by atoms with Crippen LogP contribution in [0.1, 0.15) is 5.76 Å². The summed E-state index contributed by atoms with van der Waals surface area (Å²) in [5, 5.41) is 2.60. The van der Waals surface area contributed by atoms with E-state index in [1.165, 1.54) is 18.4 Å². The monoisotopic (exact) mass is 327 g/mol. The zero-order valence-electron chi connectivity index (χ0n) is 9.86. The van der Waals surface area contributed by atoms with Crippen LogP contribution < -0.4 is 10.1 Å². The molecule has 1 amide bonds. The molecule has 0 aliphatic carbocycles. The Morgan fingerprint density at radius 1 is 1.42 bits per heavy atom. The number of hydrogen-bond acceptors (Lipinski definition) is 3. The van der Waals surface area contributed by atoms with Gasteiger partial charge in [-0.1, -0.05) is 15.9 Å². The van der Waals surface area contributed by atoms with E-state index in [4.69, 9.17) is 9.15 Å². The van der Waals surface area contributed by atoms with Crippen LogP contribution >= 0.6 is 15.9 Å². The first-order chi connectivity index (χ1) is 9.15. The first-order valence-electron chi connectivity index (χ1n) is 5.52. The van der Waals surface area contributed by atoms with Gasteiger partial charge in [0.1, 0.15) is 5.76 Å². The normalized spacial score (nSPS) is 10.2. The molecule has 2 aromatic rings. The first kappa shape index (κ1) is 13.6. The highest BCUT2D eigenvalue weighted by molar-refractivity contribution is 9.10. The van der Waals surface area contributed by atoms with Crippen molar-refractivity contribution in [2.45, 2.75) is 6.54 Å². The minimum absolute atomic E-state index is 0.0383. The van der Waals surface area contributed by atoms with Gasteiger partial charge < -0.3 is 14.5 Å². The third kappa shape index (κ3) is 4.10. The number of rotatable bonds is 5. The highest BCUT2D eigenvalue weighted by Gasteiger charge is 2.07. The van der Waals surface area contributed by atoms with E-state index >= 15 is 0 Å². The van der Waals surface area contributed by atoms with Crippen molar-refractivity contribution in [3.05, 3.63) is 52.6 Å². The zero-order valence-corrected chi connectivity index (χ0v) is 11.4. The Hall–Kier alpha value is -1.82. The van der Waals surface area contributed by atoms with Crippen LogP contribution in [-0.4, -0.2) is 12.5 Å². The summed E-state index contributed by atoms with van der Waals surface area (Å²) in [5.41, 5.74) is 0. The molecule has 0 radical (unpaired) electrons. The van der Waals surface area contributed by atoms with Gasteiger partial charge >= 0.3 is 0 Å². The maximum absolute atomic E-state index is 13.4. The number of halogens is 2. The highest BCUT2D eigenvalue weighted by atomic mass is 79.9. The molecule has 1 heterocycles. The van der Waals surface area contributed by atoms with Crippen LogP contribution in [-0.2, 0) is 11.3 Å². The van der Waals surface area contributed by atoms with Gasteiger partial charge in [0.05, 0.1) is 12.8 Å². The molecule has 4 nitrogen and oxygen atoms in total. The molecule has 2 rings (SSSR count). The van der Waals surface area contributed by atoms with Gasteiger partial charge in [-0.25, -0.2) is 4.39 Å². The maximum atomic E-state index is 13.4. The lowest BCUT2D eigenvalue weighted by Gasteiger charge is -2.07. The number of carbonyl (C=O) groups is 1. The van der Waals surface area contributed by atoms with E-state index in [1.54, 1.807) is 18.2 Å². The fraction of sp³-hybridized carbons (Fsp3) is 0.154. The van der Waals surface area contributed by atoms with Crippen molar-refractivity contribution in [3.8, 4) is 5.75 Å². The number of hydrogen-bond donors (Lipinski definition) is 1. The van der Waals surface area contributed by atoms with Crippen molar-refractivity contribution in [3.63, 3.8) is 0 Å². The molecule has 1 N–H and O–H groups in total. The van der Waals surface area contributed by atoms with E-state index < -0.39 is 5.82 Å². The molecule has 19 heavy (non-hydrogen) atoms. The quantitative estimate of drug-likeness (QED) is 0.918. The summed E-state index contributed by atoms with van der Waals surface area (Å²) < 4.78 is 24.2. The Bertz CT molecular complexity index is 557. The van der Waals surface area contributed by atoms with Crippen LogP contribution in [0.4, 0.5) is 4.39 Å². The lowest BCUT2D eigenvalue weighted by Crippen LogP contribution is -2.28. The summed E-state index contributed by atoms with van der Waals surface area (Å²) >= 11 is 3.14. The molecule has 0 saturated carbocycles. The van der Waals surface area contributed by atoms with Crippen LogP contribution in [0, 0.1) is 5.82 Å². The van der Waals surface area contributed by atoms with E-state index in [2.05, 4.69) is 21.2 Å². The molecule has 100 valence electrons. The Balaban J connectivity index is 1.80. The predicted octanol–water partition coefficient (Wildman–Crippen LogP) is 2.88. The molecule has 0 spiro atoms. The minimum Gasteiger partial charge on any atom is -0.481 e. The fourth-order valence-corrected chi connectivity index (χ4v) is 1.72. The van der Waals surface area contributed by atoms with Crippen LogP contribution in [0.2, 0.25) is 0 Å². The van der Waals surface area contributed by atoms with E-state index in [9.17, 15) is 9.18 Å². The summed E-state index contributed by atoms with van der Waals surface area (Å²) in [5.74, 6) is -0.188. The molecule has 1 aromatic heterocycles. The summed E-state index contributed by atoms with van der Waals surface area (Å²) in [6.07, 6.45) is 1.52. The maximum Gasteiger partial charge on any atom is 0.258 e. The second kappa shape index (κ2) is 6.38. The number of nitrogens with one attached hydrogen (secondary N) is 1. The van der Waals surface area contributed by atoms with Gasteiger partial charge in [-0.15, -0.1) is 0 Å². The van der Waals surface area contributed by atoms with E-state index in [0.717, 1.165) is 0 Å². The largest absolute Gasteiger partial charge is 0.481 e. The smallest absolute Gasteiger partial charge is 0.258 e. The summed E-state index contributed by atoms with van der Waals surface area (Å²) in [6, 6.07) is 7.85. The van der Waals surface area contributed by atoms with Crippen molar-refractivity contribution in [2.24, 2.45) is 0 Å². The predicted molar refractivity (Wildman–Crippen MR) is 70.1 cm³/mol. The van der Waals surface area contributed by atoms with Crippen molar-refractivity contribution < 1.29 is 18.3 Å². The number of carbonyl (C=O) groups excluding carboxylic acids is 1. The van der Waals surface area contributed by atoms with Gasteiger partial charge in [0.2, 0.25) is 0 Å². The average molecular weight is 328 g/mol. The molecule has 0 fully saturated rings. The average Bonchev–Trinajstić information content (AvgIpc) is 2.88. The minimum atomic E-state index is -0.520. The fourth-order valence-electron chi connectivity index (χ4n) is 1.39. The van der Waals surface area contributed by atoms with Crippen LogP contribution in [0.25, 0.3) is 0 Å². The Kier molecular flexibility index (Phi) is 4.57. The van der Waals surface area contributed by atoms with Gasteiger partial charge in [-0.05, 0) is 30.3 Å². The third-order valence-electron chi connectivity index (χ3n) is 2.29. The molecular weight excluding hydrogens is 317 g/mol. The van der Waals surface area contributed by atoms with Gasteiger partial charge in [0.25, 0.3) is 5.91 Å². The van der Waals surface area contributed by atoms with E-state index in [1.807, 2.05) is 0 Å². The molecule has 0 saturated heterocycles. The van der Waals surface area contributed by atoms with Crippen molar-refractivity contribution >= 4 is 21.8 Å². The van der Waals surface area contributed by atoms with Gasteiger partial charge in [-0.3, -0.25) is 4.79 Å². The molecule has 0 bridgehead atoms. The standard InChI is InChI=1S/C13H11BrFNO3/c14-9-3-4-12(11(15)6-9)19-8-13(17)16-7-10-2-1-5-18-10/h1-6H,7-8H2,(H,16,17). The Morgan fingerprint density at radius 3 is 2.95 bits per heavy atom. The molecule has 0 unspecified atom stereocenters. The number of furan rings is 1. The molecule has 0 atom stereocenters. The van der Waals surface area contributed by atoms with E-state index in [-0.39, 0.29) is 24.8 Å². The first-order valence-corrected chi connectivity index (χ1v) is 6.31. The summed E-state index contributed by atoms with van der Waals surface area (Å²) in [6.45, 7) is 0.0251. The van der Waals surface area contributed by atoms with E-state index in [0.29, 0.717) is 10.2 Å². The van der Waals surface area contributed by atoms with Crippen molar-refractivity contribution in [1.82, 2.24) is 5.32 Å². The van der Waals surface area contributed by atoms with Gasteiger partial charge in [0.15, 0.2) is 18.2 Å². The number of amides is 1. The summed E-state index contributed by atoms with van der Waals surface area (Å²) in [7, 11) is 0. The second-order valence-electron chi connectivity index (χ2n) is 3.72. The molecule has 0 aliphatic heterocycles. The second-order valence-corrected chi connectivity index (χ2v) is 4.64. The molecule has 0 aliphatic rings. The molecular formula is C13H11BrFNO3.